The van der Waals surface area contributed by atoms with Gasteiger partial charge in [-0.25, -0.2) is 5.84 Å². The summed E-state index contributed by atoms with van der Waals surface area (Å²) in [5.41, 5.74) is 0.0488. The van der Waals surface area contributed by atoms with Crippen molar-refractivity contribution in [1.82, 2.24) is 5.17 Å². The molecular weight excluding hydrogens is 296 g/mol. The fourth-order valence-electron chi connectivity index (χ4n) is 1.45. The zero-order chi connectivity index (χ0) is 16.2. The van der Waals surface area contributed by atoms with Gasteiger partial charge in [-0.1, -0.05) is 11.6 Å². The average molecular weight is 315 g/mol. The molecule has 0 heterocycles. The van der Waals surface area contributed by atoms with Crippen LogP contribution in [0.1, 0.15) is 32.8 Å². The number of aryl methyl sites for hydroxylation is 1. The van der Waals surface area contributed by atoms with E-state index in [1.165, 1.54) is 0 Å². The summed E-state index contributed by atoms with van der Waals surface area (Å²) in [4.78, 5) is 28.5. The Morgan fingerprint density at radius 2 is 1.95 bits per heavy atom. The third-order valence-electron chi connectivity index (χ3n) is 2.30. The van der Waals surface area contributed by atoms with Crippen molar-refractivity contribution in [3.8, 4) is 5.75 Å². The molecule has 0 aromatic heterocycles. The smallest absolute Gasteiger partial charge is 0.316 e. The van der Waals surface area contributed by atoms with E-state index in [0.29, 0.717) is 21.5 Å². The molecule has 1 rings (SSSR count). The van der Waals surface area contributed by atoms with Crippen molar-refractivity contribution in [3.05, 3.63) is 28.8 Å². The summed E-state index contributed by atoms with van der Waals surface area (Å²) in [6.45, 7) is 6.89. The van der Waals surface area contributed by atoms with Gasteiger partial charge in [-0.05, 0) is 51.5 Å². The molecule has 0 unspecified atom stereocenters. The van der Waals surface area contributed by atoms with E-state index < -0.39 is 23.9 Å². The quantitative estimate of drug-likeness (QED) is 0.303. The normalized spacial score (nSPS) is 11.0. The van der Waals surface area contributed by atoms with E-state index >= 15 is 0 Å². The number of nitrogens with zero attached hydrogens (tertiary/aromatic N) is 1. The van der Waals surface area contributed by atoms with Crippen LogP contribution in [0.2, 0.25) is 5.02 Å². The fourth-order valence-corrected chi connectivity index (χ4v) is 1.68. The van der Waals surface area contributed by atoms with Crippen molar-refractivity contribution in [2.45, 2.75) is 39.7 Å². The number of hydrazine groups is 1. The van der Waals surface area contributed by atoms with E-state index in [4.69, 9.17) is 27.0 Å². The second-order valence-corrected chi connectivity index (χ2v) is 5.92. The monoisotopic (exact) mass is 314 g/mol. The van der Waals surface area contributed by atoms with Crippen molar-refractivity contribution in [1.29, 1.82) is 0 Å². The maximum Gasteiger partial charge on any atom is 0.316 e. The predicted molar refractivity (Wildman–Crippen MR) is 78.3 cm³/mol. The zero-order valence-electron chi connectivity index (χ0n) is 12.5. The van der Waals surface area contributed by atoms with Gasteiger partial charge in [-0.3, -0.25) is 9.59 Å². The third-order valence-corrected chi connectivity index (χ3v) is 2.53. The van der Waals surface area contributed by atoms with Gasteiger partial charge in [0.05, 0.1) is 0 Å². The predicted octanol–water partition coefficient (Wildman–Crippen LogP) is 2.38. The first kappa shape index (κ1) is 17.3. The van der Waals surface area contributed by atoms with Crippen molar-refractivity contribution in [2.75, 3.05) is 0 Å². The molecule has 0 aliphatic carbocycles. The molecule has 0 fully saturated rings. The number of benzene rings is 1. The highest BCUT2D eigenvalue weighted by Crippen LogP contribution is 2.22. The van der Waals surface area contributed by atoms with Crippen LogP contribution in [0.3, 0.4) is 0 Å². The second-order valence-electron chi connectivity index (χ2n) is 5.48. The van der Waals surface area contributed by atoms with E-state index in [2.05, 4.69) is 0 Å². The lowest BCUT2D eigenvalue weighted by atomic mass is 10.2. The van der Waals surface area contributed by atoms with Crippen LogP contribution in [0.25, 0.3) is 0 Å². The van der Waals surface area contributed by atoms with Crippen molar-refractivity contribution in [3.63, 3.8) is 0 Å². The molecule has 0 saturated heterocycles. The van der Waals surface area contributed by atoms with Crippen LogP contribution in [0, 0.1) is 6.92 Å². The summed E-state index contributed by atoms with van der Waals surface area (Å²) in [5, 5.41) is 1.06. The molecule has 0 saturated carbocycles. The van der Waals surface area contributed by atoms with E-state index in [1.54, 1.807) is 45.9 Å². The molecule has 21 heavy (non-hydrogen) atoms. The van der Waals surface area contributed by atoms with Gasteiger partial charge in [-0.2, -0.15) is 0 Å². The Labute approximate surface area is 128 Å². The first-order valence-corrected chi connectivity index (χ1v) is 6.70. The topological polar surface area (TPSA) is 81.9 Å². The summed E-state index contributed by atoms with van der Waals surface area (Å²) in [6.07, 6.45) is -0.500. The number of carbonyl (C=O) groups is 2. The summed E-state index contributed by atoms with van der Waals surface area (Å²) < 4.78 is 5.03. The molecule has 0 aliphatic heterocycles. The Kier molecular flexibility index (Phi) is 5.57. The molecule has 0 atom stereocenters. The van der Waals surface area contributed by atoms with Crippen LogP contribution in [-0.4, -0.2) is 22.6 Å². The van der Waals surface area contributed by atoms with Crippen LogP contribution in [0.4, 0.5) is 0 Å². The lowest BCUT2D eigenvalue weighted by molar-refractivity contribution is -0.168. The number of ether oxygens (including phenoxy) is 1. The minimum atomic E-state index is -0.710. The molecule has 0 aliphatic rings. The number of hydrogen-bond donors (Lipinski definition) is 1. The van der Waals surface area contributed by atoms with Crippen LogP contribution < -0.4 is 10.7 Å². The maximum atomic E-state index is 11.8. The van der Waals surface area contributed by atoms with Gasteiger partial charge in [0.1, 0.15) is 12.0 Å². The summed E-state index contributed by atoms with van der Waals surface area (Å²) >= 11 is 5.82. The molecule has 0 radical (unpaired) electrons. The number of rotatable bonds is 4. The van der Waals surface area contributed by atoms with E-state index in [0.717, 1.165) is 0 Å². The summed E-state index contributed by atoms with van der Waals surface area (Å²) in [7, 11) is 0. The zero-order valence-corrected chi connectivity index (χ0v) is 13.2. The van der Waals surface area contributed by atoms with Crippen LogP contribution in [0.5, 0.6) is 5.75 Å². The van der Waals surface area contributed by atoms with Gasteiger partial charge in [0.25, 0.3) is 5.91 Å². The van der Waals surface area contributed by atoms with Crippen LogP contribution >= 0.6 is 11.6 Å². The highest BCUT2D eigenvalue weighted by Gasteiger charge is 2.22. The van der Waals surface area contributed by atoms with E-state index in [-0.39, 0.29) is 0 Å². The number of hydrogen-bond acceptors (Lipinski definition) is 5. The first-order valence-electron chi connectivity index (χ1n) is 6.32. The number of amides is 1. The fraction of sp³-hybridized carbons (Fsp3) is 0.429. The molecule has 0 bridgehead atoms. The van der Waals surface area contributed by atoms with Gasteiger partial charge in [0.15, 0.2) is 5.75 Å². The third kappa shape index (κ3) is 6.01. The van der Waals surface area contributed by atoms with Gasteiger partial charge in [-0.15, -0.1) is 5.17 Å². The SMILES string of the molecule is Cc1cc(Cl)ccc1ON(N)C(=O)CC(=O)OC(C)(C)C. The highest BCUT2D eigenvalue weighted by molar-refractivity contribution is 6.30. The van der Waals surface area contributed by atoms with Crippen molar-refractivity contribution in [2.24, 2.45) is 5.84 Å². The molecule has 6 nitrogen and oxygen atoms in total. The van der Waals surface area contributed by atoms with Crippen molar-refractivity contribution < 1.29 is 19.2 Å². The second kappa shape index (κ2) is 6.78. The largest absolute Gasteiger partial charge is 0.460 e. The molecule has 0 spiro atoms. The Balaban J connectivity index is 2.61. The minimum absolute atomic E-state index is 0.374. The molecule has 116 valence electrons. The van der Waals surface area contributed by atoms with Crippen molar-refractivity contribution >= 4 is 23.5 Å². The van der Waals surface area contributed by atoms with Crippen LogP contribution in [-0.2, 0) is 14.3 Å². The number of esters is 1. The summed E-state index contributed by atoms with van der Waals surface area (Å²) in [6, 6.07) is 4.86. The van der Waals surface area contributed by atoms with Gasteiger partial charge in [0.2, 0.25) is 0 Å². The number of carbonyl (C=O) groups excluding carboxylic acids is 2. The van der Waals surface area contributed by atoms with E-state index in [1.807, 2.05) is 0 Å². The molecule has 1 aromatic carbocycles. The number of hydroxylamine groups is 1. The van der Waals surface area contributed by atoms with Crippen LogP contribution in [0.15, 0.2) is 18.2 Å². The van der Waals surface area contributed by atoms with Gasteiger partial charge >= 0.3 is 5.97 Å². The highest BCUT2D eigenvalue weighted by atomic mass is 35.5. The molecular formula is C14H19ClN2O4. The van der Waals surface area contributed by atoms with Gasteiger partial charge < -0.3 is 9.57 Å². The number of nitrogens with two attached hydrogens (primary N) is 1. The first-order chi connectivity index (χ1) is 9.58. The lowest BCUT2D eigenvalue weighted by Gasteiger charge is -2.21. The molecule has 7 heteroatoms. The molecule has 1 aromatic rings. The molecule has 1 amide bonds. The standard InChI is InChI=1S/C14H19ClN2O4/c1-9-7-10(15)5-6-11(9)21-17(16)12(18)8-13(19)20-14(2,3)4/h5-7H,8,16H2,1-4H3. The van der Waals surface area contributed by atoms with Gasteiger partial charge in [0, 0.05) is 5.02 Å². The number of halogens is 1. The summed E-state index contributed by atoms with van der Waals surface area (Å²) in [5.74, 6) is 4.49. The Morgan fingerprint density at radius 1 is 1.33 bits per heavy atom. The minimum Gasteiger partial charge on any atom is -0.460 e. The lowest BCUT2D eigenvalue weighted by Crippen LogP contribution is -2.42. The van der Waals surface area contributed by atoms with E-state index in [9.17, 15) is 9.59 Å². The maximum absolute atomic E-state index is 11.8. The molecule has 2 N–H and O–H groups in total. The Morgan fingerprint density at radius 3 is 2.48 bits per heavy atom. The Bertz CT molecular complexity index is 540. The Hall–Kier alpha value is -1.79. The average Bonchev–Trinajstić information content (AvgIpc) is 2.29.